The monoisotopic (exact) mass is 332 g/mol. The van der Waals surface area contributed by atoms with Crippen LogP contribution in [0.15, 0.2) is 35.4 Å². The van der Waals surface area contributed by atoms with Crippen LogP contribution < -0.4 is 10.5 Å². The molecule has 0 atom stereocenters. The number of nitrogens with one attached hydrogen (secondary N) is 1. The third kappa shape index (κ3) is 2.90. The highest BCUT2D eigenvalue weighted by atomic mass is 32.2. The van der Waals surface area contributed by atoms with E-state index >= 15 is 0 Å². The van der Waals surface area contributed by atoms with E-state index < -0.39 is 15.8 Å². The summed E-state index contributed by atoms with van der Waals surface area (Å²) < 4.78 is 27.0. The van der Waals surface area contributed by atoms with Gasteiger partial charge >= 0.3 is 0 Å². The van der Waals surface area contributed by atoms with Crippen LogP contribution in [0.5, 0.6) is 0 Å². The van der Waals surface area contributed by atoms with Gasteiger partial charge in [-0.1, -0.05) is 0 Å². The maximum Gasteiger partial charge on any atom is 0.262 e. The molecule has 118 valence electrons. The second kappa shape index (κ2) is 5.43. The Bertz CT molecular complexity index is 907. The van der Waals surface area contributed by atoms with Gasteiger partial charge in [0.15, 0.2) is 11.6 Å². The summed E-state index contributed by atoms with van der Waals surface area (Å²) in [6.45, 7) is 0. The van der Waals surface area contributed by atoms with Crippen molar-refractivity contribution in [2.75, 3.05) is 10.5 Å². The molecule has 0 unspecified atom stereocenters. The number of anilines is 2. The van der Waals surface area contributed by atoms with Crippen molar-refractivity contribution in [1.82, 2.24) is 9.97 Å². The number of benzene rings is 1. The fourth-order valence-electron chi connectivity index (χ4n) is 2.11. The summed E-state index contributed by atoms with van der Waals surface area (Å²) in [6.07, 6.45) is 1.11. The lowest BCUT2D eigenvalue weighted by Gasteiger charge is -2.10. The third-order valence-corrected chi connectivity index (χ3v) is 4.70. The fraction of sp³-hybridized carbons (Fsp3) is 0.143. The summed E-state index contributed by atoms with van der Waals surface area (Å²) in [4.78, 5) is 31.3. The quantitative estimate of drug-likeness (QED) is 0.802. The van der Waals surface area contributed by atoms with Crippen molar-refractivity contribution in [3.63, 3.8) is 0 Å². The van der Waals surface area contributed by atoms with E-state index in [0.717, 1.165) is 6.20 Å². The normalized spacial score (nSPS) is 14.4. The first kappa shape index (κ1) is 15.1. The molecule has 1 aliphatic rings. The Morgan fingerprint density at radius 2 is 1.70 bits per heavy atom. The van der Waals surface area contributed by atoms with Crippen molar-refractivity contribution in [3.8, 4) is 0 Å². The fourth-order valence-corrected chi connectivity index (χ4v) is 3.16. The van der Waals surface area contributed by atoms with E-state index in [1.807, 2.05) is 0 Å². The summed E-state index contributed by atoms with van der Waals surface area (Å²) >= 11 is 0. The molecule has 0 spiro atoms. The first-order valence-electron chi connectivity index (χ1n) is 6.68. The molecule has 23 heavy (non-hydrogen) atoms. The smallest absolute Gasteiger partial charge is 0.262 e. The average Bonchev–Trinajstić information content (AvgIpc) is 2.62. The summed E-state index contributed by atoms with van der Waals surface area (Å²) in [7, 11) is -3.92. The van der Waals surface area contributed by atoms with Crippen LogP contribution >= 0.6 is 0 Å². The van der Waals surface area contributed by atoms with Gasteiger partial charge in [0.25, 0.3) is 10.0 Å². The lowest BCUT2D eigenvalue weighted by molar-refractivity contribution is 0.0923. The molecule has 2 heterocycles. The number of aromatic nitrogens is 2. The number of sulfonamides is 1. The summed E-state index contributed by atoms with van der Waals surface area (Å²) in [5, 5.41) is 0. The summed E-state index contributed by atoms with van der Waals surface area (Å²) in [5.41, 5.74) is 5.81. The SMILES string of the molecule is Nc1ccc(S(=O)(=O)Nc2cnc3nc2C(=O)CCC3=O)cc1. The molecule has 1 aliphatic heterocycles. The molecule has 0 amide bonds. The van der Waals surface area contributed by atoms with Crippen LogP contribution in [0, 0.1) is 0 Å². The Labute approximate surface area is 131 Å². The first-order valence-corrected chi connectivity index (χ1v) is 8.17. The van der Waals surface area contributed by atoms with Gasteiger partial charge in [-0.05, 0) is 24.3 Å². The van der Waals surface area contributed by atoms with E-state index in [2.05, 4.69) is 14.7 Å². The van der Waals surface area contributed by atoms with Crippen LogP contribution in [-0.4, -0.2) is 30.0 Å². The number of rotatable bonds is 3. The Morgan fingerprint density at radius 3 is 2.39 bits per heavy atom. The van der Waals surface area contributed by atoms with Crippen molar-refractivity contribution in [3.05, 3.63) is 42.0 Å². The van der Waals surface area contributed by atoms with Crippen LogP contribution in [0.4, 0.5) is 11.4 Å². The molecule has 1 aromatic heterocycles. The number of nitrogen functional groups attached to an aromatic ring is 1. The van der Waals surface area contributed by atoms with Crippen LogP contribution in [0.1, 0.15) is 33.9 Å². The predicted octanol–water partition coefficient (Wildman–Crippen LogP) is 1.02. The Balaban J connectivity index is 2.00. The lowest BCUT2D eigenvalue weighted by Crippen LogP contribution is -2.17. The van der Waals surface area contributed by atoms with Crippen molar-refractivity contribution < 1.29 is 18.0 Å². The predicted molar refractivity (Wildman–Crippen MR) is 81.6 cm³/mol. The summed E-state index contributed by atoms with van der Waals surface area (Å²) in [6, 6.07) is 5.59. The van der Waals surface area contributed by atoms with E-state index in [-0.39, 0.29) is 40.7 Å². The molecular formula is C14H12N4O4S. The second-order valence-corrected chi connectivity index (χ2v) is 6.66. The Morgan fingerprint density at radius 1 is 1.04 bits per heavy atom. The van der Waals surface area contributed by atoms with Gasteiger partial charge in [0.1, 0.15) is 5.69 Å². The molecule has 8 nitrogen and oxygen atoms in total. The van der Waals surface area contributed by atoms with Gasteiger partial charge in [-0.15, -0.1) is 0 Å². The average molecular weight is 332 g/mol. The zero-order valence-electron chi connectivity index (χ0n) is 11.8. The van der Waals surface area contributed by atoms with Gasteiger partial charge in [-0.2, -0.15) is 0 Å². The van der Waals surface area contributed by atoms with Crippen LogP contribution in [0.25, 0.3) is 0 Å². The highest BCUT2D eigenvalue weighted by molar-refractivity contribution is 7.92. The lowest BCUT2D eigenvalue weighted by atomic mass is 10.1. The Hall–Kier alpha value is -2.81. The highest BCUT2D eigenvalue weighted by Crippen LogP contribution is 2.23. The number of hydrogen-bond acceptors (Lipinski definition) is 7. The molecule has 1 aromatic carbocycles. The molecule has 0 radical (unpaired) electrons. The third-order valence-electron chi connectivity index (χ3n) is 3.32. The van der Waals surface area contributed by atoms with Gasteiger partial charge in [0.05, 0.1) is 16.8 Å². The van der Waals surface area contributed by atoms with E-state index in [1.54, 1.807) is 0 Å². The van der Waals surface area contributed by atoms with Gasteiger partial charge < -0.3 is 5.73 Å². The second-order valence-electron chi connectivity index (χ2n) is 4.98. The number of nitrogens with zero attached hydrogens (tertiary/aromatic N) is 2. The van der Waals surface area contributed by atoms with Crippen molar-refractivity contribution >= 4 is 33.0 Å². The van der Waals surface area contributed by atoms with Crippen molar-refractivity contribution in [1.29, 1.82) is 0 Å². The highest BCUT2D eigenvalue weighted by Gasteiger charge is 2.26. The molecule has 0 saturated heterocycles. The van der Waals surface area contributed by atoms with Crippen LogP contribution in [-0.2, 0) is 10.0 Å². The molecular weight excluding hydrogens is 320 g/mol. The van der Waals surface area contributed by atoms with E-state index in [9.17, 15) is 18.0 Å². The number of Topliss-reactive ketones (excluding diaryl/α,β-unsaturated/α-hetero) is 2. The topological polar surface area (TPSA) is 132 Å². The molecule has 2 bridgehead atoms. The van der Waals surface area contributed by atoms with Gasteiger partial charge in [-0.25, -0.2) is 18.4 Å². The van der Waals surface area contributed by atoms with E-state index in [4.69, 9.17) is 5.73 Å². The minimum Gasteiger partial charge on any atom is -0.399 e. The van der Waals surface area contributed by atoms with Crippen molar-refractivity contribution in [2.45, 2.75) is 17.7 Å². The number of hydrogen-bond donors (Lipinski definition) is 2. The number of ketones is 2. The number of nitrogens with two attached hydrogens (primary N) is 1. The van der Waals surface area contributed by atoms with Crippen molar-refractivity contribution in [2.24, 2.45) is 0 Å². The largest absolute Gasteiger partial charge is 0.399 e. The number of fused-ring (bicyclic) bond motifs is 2. The molecule has 3 rings (SSSR count). The van der Waals surface area contributed by atoms with E-state index in [0.29, 0.717) is 5.69 Å². The molecule has 3 N–H and O–H groups in total. The maximum atomic E-state index is 12.4. The van der Waals surface area contributed by atoms with Crippen LogP contribution in [0.3, 0.4) is 0 Å². The van der Waals surface area contributed by atoms with Crippen LogP contribution in [0.2, 0.25) is 0 Å². The zero-order chi connectivity index (χ0) is 16.6. The molecule has 0 aliphatic carbocycles. The molecule has 2 aromatic rings. The standard InChI is InChI=1S/C14H12N4O4S/c15-8-1-3-9(4-2-8)23(21,22)18-10-7-16-14-12(20)6-5-11(19)13(10)17-14/h1-4,7,18H,5-6,15H2. The summed E-state index contributed by atoms with van der Waals surface area (Å²) in [5.74, 6) is -0.833. The molecule has 9 heteroatoms. The van der Waals surface area contributed by atoms with Gasteiger partial charge in [0, 0.05) is 18.5 Å². The number of carbonyl (C=O) groups excluding carboxylic acids is 2. The Kier molecular flexibility index (Phi) is 3.57. The first-order chi connectivity index (χ1) is 10.9. The molecule has 0 fully saturated rings. The molecule has 0 saturated carbocycles. The maximum absolute atomic E-state index is 12.4. The van der Waals surface area contributed by atoms with Gasteiger partial charge in [-0.3, -0.25) is 14.3 Å². The van der Waals surface area contributed by atoms with Gasteiger partial charge in [0.2, 0.25) is 5.78 Å². The zero-order valence-corrected chi connectivity index (χ0v) is 12.6. The minimum atomic E-state index is -3.92. The minimum absolute atomic E-state index is 0.0104. The van der Waals surface area contributed by atoms with E-state index in [1.165, 1.54) is 24.3 Å². The number of carbonyl (C=O) groups is 2.